The van der Waals surface area contributed by atoms with Gasteiger partial charge in [-0.2, -0.15) is 13.7 Å². The van der Waals surface area contributed by atoms with E-state index in [0.29, 0.717) is 16.1 Å². The van der Waals surface area contributed by atoms with E-state index < -0.39 is 20.9 Å². The SMILES string of the molecule is C=CCc1cc(/C=C(\C#N)C(=O)Nc2cccc([N+](=O)[O-])c2)cc(OCC)c1OS(=O)(=O)c1ccc(Cl)cc1. The van der Waals surface area contributed by atoms with E-state index in [4.69, 9.17) is 20.5 Å². The van der Waals surface area contributed by atoms with Crippen LogP contribution in [0.2, 0.25) is 5.02 Å². The van der Waals surface area contributed by atoms with E-state index in [1.54, 1.807) is 13.0 Å². The number of benzene rings is 3. The number of hydrogen-bond donors (Lipinski definition) is 1. The third-order valence-corrected chi connectivity index (χ3v) is 6.59. The highest BCUT2D eigenvalue weighted by Gasteiger charge is 2.23. The smallest absolute Gasteiger partial charge is 0.339 e. The van der Waals surface area contributed by atoms with Gasteiger partial charge in [-0.05, 0) is 67.4 Å². The molecule has 0 aliphatic carbocycles. The molecule has 0 fully saturated rings. The highest BCUT2D eigenvalue weighted by molar-refractivity contribution is 7.87. The van der Waals surface area contributed by atoms with Gasteiger partial charge in [0.2, 0.25) is 0 Å². The summed E-state index contributed by atoms with van der Waals surface area (Å²) in [4.78, 5) is 23.0. The molecule has 10 nitrogen and oxygen atoms in total. The van der Waals surface area contributed by atoms with Gasteiger partial charge in [-0.25, -0.2) is 0 Å². The van der Waals surface area contributed by atoms with Crippen molar-refractivity contribution in [2.45, 2.75) is 18.2 Å². The van der Waals surface area contributed by atoms with Crippen LogP contribution < -0.4 is 14.2 Å². The zero-order chi connectivity index (χ0) is 28.6. The van der Waals surface area contributed by atoms with Crippen molar-refractivity contribution < 1.29 is 27.1 Å². The van der Waals surface area contributed by atoms with Crippen LogP contribution in [0.3, 0.4) is 0 Å². The molecular weight excluding hydrogens is 546 g/mol. The fourth-order valence-electron chi connectivity index (χ4n) is 3.40. The largest absolute Gasteiger partial charge is 0.490 e. The Kier molecular flexibility index (Phi) is 9.43. The molecule has 0 unspecified atom stereocenters. The summed E-state index contributed by atoms with van der Waals surface area (Å²) in [5.74, 6) is -0.799. The van der Waals surface area contributed by atoms with Crippen LogP contribution in [0.15, 0.2) is 83.8 Å². The second kappa shape index (κ2) is 12.7. The van der Waals surface area contributed by atoms with Gasteiger partial charge in [0.25, 0.3) is 11.6 Å². The number of nitrogens with one attached hydrogen (secondary N) is 1. The van der Waals surface area contributed by atoms with Gasteiger partial charge in [0, 0.05) is 28.4 Å². The Morgan fingerprint density at radius 1 is 1.21 bits per heavy atom. The molecule has 0 atom stereocenters. The Morgan fingerprint density at radius 3 is 2.54 bits per heavy atom. The molecule has 3 aromatic rings. The molecule has 0 saturated heterocycles. The molecule has 3 aromatic carbocycles. The number of nitro benzene ring substituents is 1. The molecule has 1 N–H and O–H groups in total. The zero-order valence-corrected chi connectivity index (χ0v) is 22.2. The van der Waals surface area contributed by atoms with Gasteiger partial charge in [-0.1, -0.05) is 23.7 Å². The average molecular weight is 568 g/mol. The molecule has 12 heteroatoms. The van der Waals surface area contributed by atoms with Crippen LogP contribution in [0.5, 0.6) is 11.5 Å². The summed E-state index contributed by atoms with van der Waals surface area (Å²) in [6.07, 6.45) is 2.98. The molecule has 0 radical (unpaired) electrons. The lowest BCUT2D eigenvalue weighted by atomic mass is 10.0. The Morgan fingerprint density at radius 2 is 1.92 bits per heavy atom. The van der Waals surface area contributed by atoms with Crippen molar-refractivity contribution >= 4 is 45.1 Å². The van der Waals surface area contributed by atoms with Crippen LogP contribution >= 0.6 is 11.6 Å². The van der Waals surface area contributed by atoms with E-state index in [1.807, 2.05) is 0 Å². The van der Waals surface area contributed by atoms with E-state index >= 15 is 0 Å². The summed E-state index contributed by atoms with van der Waals surface area (Å²) < 4.78 is 37.1. The summed E-state index contributed by atoms with van der Waals surface area (Å²) in [5, 5.41) is 23.4. The molecule has 200 valence electrons. The average Bonchev–Trinajstić information content (AvgIpc) is 2.89. The second-order valence-corrected chi connectivity index (χ2v) is 9.84. The molecule has 0 aromatic heterocycles. The minimum absolute atomic E-state index is 0.0663. The summed E-state index contributed by atoms with van der Waals surface area (Å²) in [5.41, 5.74) is 0.313. The number of hydrogen-bond acceptors (Lipinski definition) is 8. The fraction of sp³-hybridized carbons (Fsp3) is 0.111. The number of allylic oxidation sites excluding steroid dienone is 1. The molecule has 3 rings (SSSR count). The van der Waals surface area contributed by atoms with E-state index in [0.717, 1.165) is 6.07 Å². The Hall–Kier alpha value is -4.66. The van der Waals surface area contributed by atoms with Crippen LogP contribution in [0.4, 0.5) is 11.4 Å². The number of amides is 1. The van der Waals surface area contributed by atoms with Crippen LogP contribution in [0.25, 0.3) is 6.08 Å². The Labute approximate surface area is 230 Å². The topological polar surface area (TPSA) is 149 Å². The van der Waals surface area contributed by atoms with E-state index in [2.05, 4.69) is 11.9 Å². The maximum atomic E-state index is 13.0. The number of non-ortho nitro benzene ring substituents is 1. The standard InChI is InChI=1S/C27H22ClN3O7S/c1-3-6-19-13-18(14-20(17-29)27(32)30-22-7-5-8-23(16-22)31(33)34)15-25(37-4-2)26(19)38-39(35,36)24-11-9-21(28)10-12-24/h3,5,7-16H,1,4,6H2,2H3,(H,30,32)/b20-14+. The van der Waals surface area contributed by atoms with Crippen molar-refractivity contribution in [3.8, 4) is 17.6 Å². The van der Waals surface area contributed by atoms with Crippen LogP contribution in [-0.4, -0.2) is 25.9 Å². The Bertz CT molecular complexity index is 1590. The lowest BCUT2D eigenvalue weighted by Crippen LogP contribution is -2.14. The highest BCUT2D eigenvalue weighted by atomic mass is 35.5. The quantitative estimate of drug-likeness (QED) is 0.0775. The molecule has 39 heavy (non-hydrogen) atoms. The molecule has 1 amide bonds. The molecule has 0 bridgehead atoms. The summed E-state index contributed by atoms with van der Waals surface area (Å²) in [6.45, 7) is 5.56. The van der Waals surface area contributed by atoms with Gasteiger partial charge < -0.3 is 14.2 Å². The number of ether oxygens (including phenoxy) is 1. The van der Waals surface area contributed by atoms with Crippen LogP contribution in [0, 0.1) is 21.4 Å². The van der Waals surface area contributed by atoms with Crippen molar-refractivity contribution in [1.82, 2.24) is 0 Å². The van der Waals surface area contributed by atoms with Crippen LogP contribution in [-0.2, 0) is 21.3 Å². The third kappa shape index (κ3) is 7.44. The summed E-state index contributed by atoms with van der Waals surface area (Å²) in [6, 6.07) is 15.5. The first-order chi connectivity index (χ1) is 18.6. The summed E-state index contributed by atoms with van der Waals surface area (Å²) in [7, 11) is -4.26. The van der Waals surface area contributed by atoms with Gasteiger partial charge >= 0.3 is 10.1 Å². The zero-order valence-electron chi connectivity index (χ0n) is 20.6. The number of rotatable bonds is 11. The molecule has 0 saturated carbocycles. The van der Waals surface area contributed by atoms with Crippen molar-refractivity contribution in [3.63, 3.8) is 0 Å². The van der Waals surface area contributed by atoms with Crippen molar-refractivity contribution in [2.75, 3.05) is 11.9 Å². The third-order valence-electron chi connectivity index (χ3n) is 5.10. The van der Waals surface area contributed by atoms with Gasteiger partial charge in [-0.15, -0.1) is 6.58 Å². The molecule has 0 spiro atoms. The second-order valence-electron chi connectivity index (χ2n) is 7.86. The normalized spacial score (nSPS) is 11.3. The first-order valence-electron chi connectivity index (χ1n) is 11.4. The maximum Gasteiger partial charge on any atom is 0.339 e. The lowest BCUT2D eigenvalue weighted by Gasteiger charge is -2.16. The molecule has 0 aliphatic rings. The fourth-order valence-corrected chi connectivity index (χ4v) is 4.50. The number of nitro groups is 1. The highest BCUT2D eigenvalue weighted by Crippen LogP contribution is 2.37. The predicted octanol–water partition coefficient (Wildman–Crippen LogP) is 5.69. The Balaban J connectivity index is 2.01. The number of anilines is 1. The van der Waals surface area contributed by atoms with Crippen molar-refractivity contribution in [3.05, 3.63) is 105 Å². The number of carbonyl (C=O) groups excluding carboxylic acids is 1. The van der Waals surface area contributed by atoms with Crippen molar-refractivity contribution in [1.29, 1.82) is 5.26 Å². The number of nitriles is 1. The van der Waals surface area contributed by atoms with Gasteiger partial charge in [0.1, 0.15) is 16.5 Å². The minimum Gasteiger partial charge on any atom is -0.490 e. The first-order valence-corrected chi connectivity index (χ1v) is 13.1. The monoisotopic (exact) mass is 567 g/mol. The van der Waals surface area contributed by atoms with Gasteiger partial charge in [0.15, 0.2) is 11.5 Å². The lowest BCUT2D eigenvalue weighted by molar-refractivity contribution is -0.384. The predicted molar refractivity (Wildman–Crippen MR) is 146 cm³/mol. The van der Waals surface area contributed by atoms with Crippen molar-refractivity contribution in [2.24, 2.45) is 0 Å². The number of halogens is 1. The van der Waals surface area contributed by atoms with E-state index in [9.17, 15) is 28.6 Å². The molecule has 0 aliphatic heterocycles. The number of nitrogens with zero attached hydrogens (tertiary/aromatic N) is 2. The molecule has 0 heterocycles. The molecular formula is C27H22ClN3O7S. The summed E-state index contributed by atoms with van der Waals surface area (Å²) >= 11 is 5.86. The van der Waals surface area contributed by atoms with Gasteiger partial charge in [0.05, 0.1) is 11.5 Å². The van der Waals surface area contributed by atoms with Crippen LogP contribution in [0.1, 0.15) is 18.1 Å². The number of carbonyl (C=O) groups is 1. The maximum absolute atomic E-state index is 13.0. The first kappa shape index (κ1) is 28.9. The van der Waals surface area contributed by atoms with E-state index in [-0.39, 0.29) is 46.4 Å². The minimum atomic E-state index is -4.26. The van der Waals surface area contributed by atoms with Gasteiger partial charge in [-0.3, -0.25) is 14.9 Å². The van der Waals surface area contributed by atoms with E-state index in [1.165, 1.54) is 66.7 Å².